The van der Waals surface area contributed by atoms with Crippen molar-refractivity contribution in [1.29, 1.82) is 0 Å². The lowest BCUT2D eigenvalue weighted by Crippen LogP contribution is -2.35. The van der Waals surface area contributed by atoms with Gasteiger partial charge in [-0.15, -0.1) is 0 Å². The van der Waals surface area contributed by atoms with Crippen LogP contribution in [0.25, 0.3) is 0 Å². The number of piperidine rings is 1. The normalized spacial score (nSPS) is 17.4. The molecule has 1 heterocycles. The minimum atomic E-state index is -0.995. The number of likely N-dealkylation sites (tertiary alicyclic amines) is 1. The van der Waals surface area contributed by atoms with Gasteiger partial charge < -0.3 is 9.84 Å². The Bertz CT molecular complexity index is 812. The molecule has 1 unspecified atom stereocenters. The van der Waals surface area contributed by atoms with Gasteiger partial charge in [-0.25, -0.2) is 13.6 Å². The molecule has 2 aromatic rings. The van der Waals surface area contributed by atoms with Crippen LogP contribution in [-0.2, 0) is 17.8 Å². The van der Waals surface area contributed by atoms with Gasteiger partial charge in [0, 0.05) is 13.1 Å². The van der Waals surface area contributed by atoms with Gasteiger partial charge in [-0.1, -0.05) is 18.2 Å². The summed E-state index contributed by atoms with van der Waals surface area (Å²) in [5.41, 5.74) is 1.92. The third kappa shape index (κ3) is 6.02. The van der Waals surface area contributed by atoms with Crippen molar-refractivity contribution in [2.75, 3.05) is 19.7 Å². The average molecular weight is 389 g/mol. The SMILES string of the molecule is O=C(O)COc1cccc(CN2CCCC(CCc3ccc(F)c(F)c3)C2)c1. The van der Waals surface area contributed by atoms with Crippen molar-refractivity contribution in [2.45, 2.75) is 32.2 Å². The molecule has 1 aliphatic heterocycles. The van der Waals surface area contributed by atoms with Crippen LogP contribution in [0.2, 0.25) is 0 Å². The molecule has 6 heteroatoms. The third-order valence-corrected chi connectivity index (χ3v) is 5.10. The number of ether oxygens (including phenoxy) is 1. The molecule has 1 aliphatic rings. The van der Waals surface area contributed by atoms with E-state index in [1.807, 2.05) is 18.2 Å². The topological polar surface area (TPSA) is 49.8 Å². The molecule has 0 aliphatic carbocycles. The van der Waals surface area contributed by atoms with E-state index in [2.05, 4.69) is 4.90 Å². The summed E-state index contributed by atoms with van der Waals surface area (Å²) in [5.74, 6) is -1.50. The van der Waals surface area contributed by atoms with Gasteiger partial charge in [-0.3, -0.25) is 4.90 Å². The highest BCUT2D eigenvalue weighted by atomic mass is 19.2. The van der Waals surface area contributed by atoms with Crippen molar-refractivity contribution in [3.05, 3.63) is 65.2 Å². The maximum atomic E-state index is 13.4. The summed E-state index contributed by atoms with van der Waals surface area (Å²) in [4.78, 5) is 13.0. The van der Waals surface area contributed by atoms with E-state index in [1.54, 1.807) is 12.1 Å². The monoisotopic (exact) mass is 389 g/mol. The fourth-order valence-electron chi connectivity index (χ4n) is 3.73. The smallest absolute Gasteiger partial charge is 0.341 e. The molecule has 1 atom stereocenters. The number of hydrogen-bond acceptors (Lipinski definition) is 3. The largest absolute Gasteiger partial charge is 0.482 e. The van der Waals surface area contributed by atoms with Crippen molar-refractivity contribution in [2.24, 2.45) is 5.92 Å². The van der Waals surface area contributed by atoms with E-state index in [-0.39, 0.29) is 6.61 Å². The van der Waals surface area contributed by atoms with Crippen LogP contribution in [0, 0.1) is 17.6 Å². The second-order valence-corrected chi connectivity index (χ2v) is 7.36. The van der Waals surface area contributed by atoms with E-state index in [9.17, 15) is 13.6 Å². The fraction of sp³-hybridized carbons (Fsp3) is 0.409. The van der Waals surface area contributed by atoms with Gasteiger partial charge in [-0.2, -0.15) is 0 Å². The highest BCUT2D eigenvalue weighted by Crippen LogP contribution is 2.24. The number of carboxylic acids is 1. The van der Waals surface area contributed by atoms with Crippen LogP contribution in [0.15, 0.2) is 42.5 Å². The summed E-state index contributed by atoms with van der Waals surface area (Å²) in [6, 6.07) is 11.7. The molecule has 0 spiro atoms. The Labute approximate surface area is 163 Å². The van der Waals surface area contributed by atoms with Crippen molar-refractivity contribution < 1.29 is 23.4 Å². The highest BCUT2D eigenvalue weighted by Gasteiger charge is 2.20. The van der Waals surface area contributed by atoms with Gasteiger partial charge in [0.2, 0.25) is 0 Å². The lowest BCUT2D eigenvalue weighted by Gasteiger charge is -2.33. The molecular formula is C22H25F2NO3. The fourth-order valence-corrected chi connectivity index (χ4v) is 3.73. The van der Waals surface area contributed by atoms with E-state index in [0.29, 0.717) is 11.7 Å². The zero-order chi connectivity index (χ0) is 19.9. The number of halogens is 2. The van der Waals surface area contributed by atoms with Crippen LogP contribution in [0.5, 0.6) is 5.75 Å². The number of benzene rings is 2. The Balaban J connectivity index is 1.51. The Morgan fingerprint density at radius 3 is 2.79 bits per heavy atom. The number of nitrogens with zero attached hydrogens (tertiary/aromatic N) is 1. The predicted molar refractivity (Wildman–Crippen MR) is 102 cm³/mol. The van der Waals surface area contributed by atoms with E-state index >= 15 is 0 Å². The minimum Gasteiger partial charge on any atom is -0.482 e. The molecule has 150 valence electrons. The molecular weight excluding hydrogens is 364 g/mol. The summed E-state index contributed by atoms with van der Waals surface area (Å²) < 4.78 is 31.7. The first-order chi connectivity index (χ1) is 13.5. The zero-order valence-electron chi connectivity index (χ0n) is 15.7. The van der Waals surface area contributed by atoms with E-state index in [4.69, 9.17) is 9.84 Å². The Morgan fingerprint density at radius 2 is 2.00 bits per heavy atom. The van der Waals surface area contributed by atoms with Gasteiger partial charge in [0.25, 0.3) is 0 Å². The van der Waals surface area contributed by atoms with Crippen LogP contribution in [0.1, 0.15) is 30.4 Å². The number of aliphatic carboxylic acids is 1. The Morgan fingerprint density at radius 1 is 1.14 bits per heavy atom. The molecule has 2 aromatic carbocycles. The van der Waals surface area contributed by atoms with E-state index < -0.39 is 17.6 Å². The van der Waals surface area contributed by atoms with Gasteiger partial charge in [0.05, 0.1) is 0 Å². The van der Waals surface area contributed by atoms with Crippen molar-refractivity contribution in [3.63, 3.8) is 0 Å². The molecule has 0 amide bonds. The first kappa shape index (κ1) is 20.3. The third-order valence-electron chi connectivity index (χ3n) is 5.10. The number of aryl methyl sites for hydroxylation is 1. The lowest BCUT2D eigenvalue weighted by atomic mass is 9.91. The van der Waals surface area contributed by atoms with Crippen molar-refractivity contribution >= 4 is 5.97 Å². The average Bonchev–Trinajstić information content (AvgIpc) is 2.68. The second-order valence-electron chi connectivity index (χ2n) is 7.36. The number of carbonyl (C=O) groups is 1. The highest BCUT2D eigenvalue weighted by molar-refractivity contribution is 5.68. The van der Waals surface area contributed by atoms with Crippen LogP contribution in [-0.4, -0.2) is 35.7 Å². The summed E-state index contributed by atoms with van der Waals surface area (Å²) in [5, 5.41) is 8.72. The number of hydrogen-bond donors (Lipinski definition) is 1. The van der Waals surface area contributed by atoms with Gasteiger partial charge in [-0.05, 0) is 73.5 Å². The van der Waals surface area contributed by atoms with Gasteiger partial charge in [0.1, 0.15) is 5.75 Å². The molecule has 3 rings (SSSR count). The molecule has 1 fully saturated rings. The lowest BCUT2D eigenvalue weighted by molar-refractivity contribution is -0.139. The minimum absolute atomic E-state index is 0.348. The maximum Gasteiger partial charge on any atom is 0.341 e. The summed E-state index contributed by atoms with van der Waals surface area (Å²) >= 11 is 0. The number of carboxylic acid groups (broad SMARTS) is 1. The predicted octanol–water partition coefficient (Wildman–Crippen LogP) is 4.27. The Kier molecular flexibility index (Phi) is 6.98. The van der Waals surface area contributed by atoms with Crippen LogP contribution in [0.3, 0.4) is 0 Å². The first-order valence-electron chi connectivity index (χ1n) is 9.59. The Hall–Kier alpha value is -2.47. The second kappa shape index (κ2) is 9.64. The molecule has 28 heavy (non-hydrogen) atoms. The van der Waals surface area contributed by atoms with E-state index in [1.165, 1.54) is 12.1 Å². The molecule has 0 bridgehead atoms. The summed E-state index contributed by atoms with van der Waals surface area (Å²) in [7, 11) is 0. The number of rotatable bonds is 8. The van der Waals surface area contributed by atoms with Crippen LogP contribution >= 0.6 is 0 Å². The molecule has 0 radical (unpaired) electrons. The molecule has 0 saturated carbocycles. The standard InChI is InChI=1S/C22H25F2NO3/c23-20-9-8-16(12-21(20)24)6-7-17-4-2-10-25(13-17)14-18-3-1-5-19(11-18)28-15-22(26)27/h1,3,5,8-9,11-12,17H,2,4,6-7,10,13-15H2,(H,26,27). The maximum absolute atomic E-state index is 13.4. The molecule has 4 nitrogen and oxygen atoms in total. The quantitative estimate of drug-likeness (QED) is 0.732. The van der Waals surface area contributed by atoms with Crippen LogP contribution in [0.4, 0.5) is 8.78 Å². The van der Waals surface area contributed by atoms with Crippen molar-refractivity contribution in [3.8, 4) is 5.75 Å². The summed E-state index contributed by atoms with van der Waals surface area (Å²) in [6.07, 6.45) is 3.94. The van der Waals surface area contributed by atoms with E-state index in [0.717, 1.165) is 56.4 Å². The molecule has 1 saturated heterocycles. The van der Waals surface area contributed by atoms with Gasteiger partial charge >= 0.3 is 5.97 Å². The summed E-state index contributed by atoms with van der Waals surface area (Å²) in [6.45, 7) is 2.41. The molecule has 0 aromatic heterocycles. The van der Waals surface area contributed by atoms with Crippen LogP contribution < -0.4 is 4.74 Å². The van der Waals surface area contributed by atoms with Gasteiger partial charge in [0.15, 0.2) is 18.2 Å². The molecule has 1 N–H and O–H groups in total. The first-order valence-corrected chi connectivity index (χ1v) is 9.59. The van der Waals surface area contributed by atoms with Crippen molar-refractivity contribution in [1.82, 2.24) is 4.90 Å². The zero-order valence-corrected chi connectivity index (χ0v) is 15.7.